The maximum Gasteiger partial charge on any atom is 0.329 e. The van der Waals surface area contributed by atoms with Gasteiger partial charge in [0.05, 0.1) is 6.33 Å². The highest BCUT2D eigenvalue weighted by Gasteiger charge is 2.38. The van der Waals surface area contributed by atoms with Gasteiger partial charge in [0.15, 0.2) is 0 Å². The van der Waals surface area contributed by atoms with Gasteiger partial charge >= 0.3 is 5.97 Å². The molecular weight excluding hydrogens is 234 g/mol. The Hall–Kier alpha value is -1.85. The van der Waals surface area contributed by atoms with Crippen LogP contribution in [0.15, 0.2) is 17.2 Å². The van der Waals surface area contributed by atoms with Crippen molar-refractivity contribution in [2.45, 2.75) is 44.1 Å². The van der Waals surface area contributed by atoms with Crippen molar-refractivity contribution in [1.29, 1.82) is 0 Å². The Morgan fingerprint density at radius 1 is 1.33 bits per heavy atom. The summed E-state index contributed by atoms with van der Waals surface area (Å²) in [4.78, 5) is 29.1. The molecule has 1 saturated carbocycles. The van der Waals surface area contributed by atoms with Crippen LogP contribution in [0.5, 0.6) is 0 Å². The molecule has 0 saturated heterocycles. The van der Waals surface area contributed by atoms with Gasteiger partial charge in [0.25, 0.3) is 5.56 Å². The molecule has 0 aliphatic heterocycles. The molecule has 0 radical (unpaired) electrons. The van der Waals surface area contributed by atoms with Crippen LogP contribution in [-0.4, -0.2) is 26.6 Å². The summed E-state index contributed by atoms with van der Waals surface area (Å²) in [6.07, 6.45) is 6.27. The van der Waals surface area contributed by atoms with E-state index in [1.54, 1.807) is 0 Å². The predicted molar refractivity (Wildman–Crippen MR) is 66.5 cm³/mol. The normalized spacial score (nSPS) is 18.9. The Labute approximate surface area is 104 Å². The van der Waals surface area contributed by atoms with Gasteiger partial charge in [-0.2, -0.15) is 0 Å². The fourth-order valence-corrected chi connectivity index (χ4v) is 2.41. The number of aliphatic carboxylic acids is 1. The van der Waals surface area contributed by atoms with Crippen LogP contribution in [0, 0.1) is 0 Å². The minimum absolute atomic E-state index is 0.290. The molecule has 2 rings (SSSR count). The second-order valence-electron chi connectivity index (χ2n) is 4.72. The van der Waals surface area contributed by atoms with Gasteiger partial charge in [0.2, 0.25) is 0 Å². The van der Waals surface area contributed by atoms with E-state index >= 15 is 0 Å². The zero-order valence-electron chi connectivity index (χ0n) is 10.1. The molecule has 1 heterocycles. The molecule has 1 aromatic rings. The summed E-state index contributed by atoms with van der Waals surface area (Å²) in [7, 11) is 0. The second kappa shape index (κ2) is 5.20. The summed E-state index contributed by atoms with van der Waals surface area (Å²) < 4.78 is 0. The minimum Gasteiger partial charge on any atom is -0.480 e. The van der Waals surface area contributed by atoms with E-state index < -0.39 is 11.5 Å². The Kier molecular flexibility index (Phi) is 3.64. The lowest BCUT2D eigenvalue weighted by atomic mass is 9.90. The van der Waals surface area contributed by atoms with Crippen molar-refractivity contribution in [3.8, 4) is 0 Å². The van der Waals surface area contributed by atoms with E-state index in [-0.39, 0.29) is 5.56 Å². The highest BCUT2D eigenvalue weighted by molar-refractivity contribution is 5.82. The third kappa shape index (κ3) is 2.69. The van der Waals surface area contributed by atoms with Crippen LogP contribution in [0.2, 0.25) is 0 Å². The van der Waals surface area contributed by atoms with E-state index in [0.29, 0.717) is 18.7 Å². The first kappa shape index (κ1) is 12.6. The number of hydrogen-bond donors (Lipinski definition) is 3. The van der Waals surface area contributed by atoms with Gasteiger partial charge in [-0.05, 0) is 12.8 Å². The van der Waals surface area contributed by atoms with Gasteiger partial charge in [0.1, 0.15) is 11.4 Å². The second-order valence-corrected chi connectivity index (χ2v) is 4.72. The van der Waals surface area contributed by atoms with Crippen LogP contribution in [0.1, 0.15) is 38.5 Å². The lowest BCUT2D eigenvalue weighted by Gasteiger charge is -2.29. The van der Waals surface area contributed by atoms with Crippen LogP contribution < -0.4 is 10.9 Å². The molecule has 3 N–H and O–H groups in total. The molecule has 1 aliphatic rings. The van der Waals surface area contributed by atoms with E-state index in [9.17, 15) is 14.7 Å². The van der Waals surface area contributed by atoms with Gasteiger partial charge < -0.3 is 15.4 Å². The van der Waals surface area contributed by atoms with Crippen LogP contribution in [-0.2, 0) is 4.79 Å². The molecule has 98 valence electrons. The van der Waals surface area contributed by atoms with Gasteiger partial charge in [-0.3, -0.25) is 4.79 Å². The van der Waals surface area contributed by atoms with Gasteiger partial charge in [0, 0.05) is 6.07 Å². The number of carbonyl (C=O) groups is 1. The number of aromatic nitrogens is 2. The Morgan fingerprint density at radius 2 is 2.00 bits per heavy atom. The first-order valence-corrected chi connectivity index (χ1v) is 6.19. The first-order chi connectivity index (χ1) is 8.62. The number of nitrogens with one attached hydrogen (secondary N) is 2. The lowest BCUT2D eigenvalue weighted by molar-refractivity contribution is -0.142. The number of carboxylic acid groups (broad SMARTS) is 1. The molecule has 0 aromatic carbocycles. The SMILES string of the molecule is O=C(O)C1(Nc2cc(=O)[nH]cn2)CCCCCC1. The van der Waals surface area contributed by atoms with Crippen LogP contribution >= 0.6 is 0 Å². The van der Waals surface area contributed by atoms with Crippen molar-refractivity contribution in [2.24, 2.45) is 0 Å². The molecule has 0 unspecified atom stereocenters. The minimum atomic E-state index is -0.989. The average Bonchev–Trinajstić information content (AvgIpc) is 2.55. The predicted octanol–water partition coefficient (Wildman–Crippen LogP) is 1.36. The summed E-state index contributed by atoms with van der Waals surface area (Å²) in [6.45, 7) is 0. The van der Waals surface area contributed by atoms with Crippen molar-refractivity contribution in [3.63, 3.8) is 0 Å². The topological polar surface area (TPSA) is 95.1 Å². The number of H-pyrrole nitrogens is 1. The fourth-order valence-electron chi connectivity index (χ4n) is 2.41. The molecule has 1 aliphatic carbocycles. The van der Waals surface area contributed by atoms with Gasteiger partial charge in [-0.15, -0.1) is 0 Å². The van der Waals surface area contributed by atoms with Crippen LogP contribution in [0.4, 0.5) is 5.82 Å². The zero-order chi connectivity index (χ0) is 13.0. The van der Waals surface area contributed by atoms with E-state index in [1.807, 2.05) is 0 Å². The molecular formula is C12H17N3O3. The first-order valence-electron chi connectivity index (χ1n) is 6.19. The summed E-state index contributed by atoms with van der Waals surface area (Å²) in [6, 6.07) is 1.29. The molecule has 18 heavy (non-hydrogen) atoms. The highest BCUT2D eigenvalue weighted by atomic mass is 16.4. The smallest absolute Gasteiger partial charge is 0.329 e. The number of rotatable bonds is 3. The Balaban J connectivity index is 2.25. The maximum absolute atomic E-state index is 11.5. The standard InChI is InChI=1S/C12H17N3O3/c16-10-7-9(13-8-14-10)15-12(11(17)18)5-3-1-2-4-6-12/h7-8H,1-6H2,(H,17,18)(H2,13,14,15,16). The van der Waals surface area contributed by atoms with E-state index in [2.05, 4.69) is 15.3 Å². The number of hydrogen-bond acceptors (Lipinski definition) is 4. The third-order valence-corrected chi connectivity index (χ3v) is 3.41. The van der Waals surface area contributed by atoms with Crippen molar-refractivity contribution in [2.75, 3.05) is 5.32 Å². The number of nitrogens with zero attached hydrogens (tertiary/aromatic N) is 1. The molecule has 1 aromatic heterocycles. The van der Waals surface area contributed by atoms with Crippen molar-refractivity contribution < 1.29 is 9.90 Å². The van der Waals surface area contributed by atoms with Crippen molar-refractivity contribution in [1.82, 2.24) is 9.97 Å². The molecule has 6 nitrogen and oxygen atoms in total. The molecule has 0 amide bonds. The van der Waals surface area contributed by atoms with Crippen molar-refractivity contribution >= 4 is 11.8 Å². The van der Waals surface area contributed by atoms with Crippen molar-refractivity contribution in [3.05, 3.63) is 22.7 Å². The molecule has 0 spiro atoms. The maximum atomic E-state index is 11.5. The molecule has 0 bridgehead atoms. The fraction of sp³-hybridized carbons (Fsp3) is 0.583. The highest BCUT2D eigenvalue weighted by Crippen LogP contribution is 2.30. The molecule has 6 heteroatoms. The molecule has 1 fully saturated rings. The van der Waals surface area contributed by atoms with Crippen LogP contribution in [0.25, 0.3) is 0 Å². The molecule has 0 atom stereocenters. The summed E-state index contributed by atoms with van der Waals surface area (Å²) in [5.74, 6) is -0.547. The van der Waals surface area contributed by atoms with E-state index in [0.717, 1.165) is 25.7 Å². The third-order valence-electron chi connectivity index (χ3n) is 3.41. The quantitative estimate of drug-likeness (QED) is 0.705. The van der Waals surface area contributed by atoms with Crippen LogP contribution in [0.3, 0.4) is 0 Å². The zero-order valence-corrected chi connectivity index (χ0v) is 10.1. The summed E-state index contributed by atoms with van der Waals surface area (Å²) >= 11 is 0. The Bertz CT molecular complexity index is 475. The van der Waals surface area contributed by atoms with E-state index in [4.69, 9.17) is 0 Å². The largest absolute Gasteiger partial charge is 0.480 e. The summed E-state index contributed by atoms with van der Waals surface area (Å²) in [5.41, 5.74) is -1.28. The average molecular weight is 251 g/mol. The number of anilines is 1. The monoisotopic (exact) mass is 251 g/mol. The number of carboxylic acids is 1. The van der Waals surface area contributed by atoms with Gasteiger partial charge in [-0.25, -0.2) is 9.78 Å². The van der Waals surface area contributed by atoms with Gasteiger partial charge in [-0.1, -0.05) is 25.7 Å². The summed E-state index contributed by atoms with van der Waals surface area (Å²) in [5, 5.41) is 12.4. The van der Waals surface area contributed by atoms with E-state index in [1.165, 1.54) is 12.4 Å². The Morgan fingerprint density at radius 3 is 2.56 bits per heavy atom. The number of aromatic amines is 1. The lowest BCUT2D eigenvalue weighted by Crippen LogP contribution is -2.46.